The summed E-state index contributed by atoms with van der Waals surface area (Å²) in [5.74, 6) is 2.80. The molecule has 3 nitrogen and oxygen atoms in total. The topological polar surface area (TPSA) is 55.1 Å². The number of hydrogen-bond donors (Lipinski definition) is 2. The van der Waals surface area contributed by atoms with Crippen LogP contribution in [0.2, 0.25) is 0 Å². The van der Waals surface area contributed by atoms with E-state index in [0.717, 1.165) is 24.3 Å². The average molecular weight is 224 g/mol. The predicted molar refractivity (Wildman–Crippen MR) is 64.8 cm³/mol. The SMILES string of the molecule is CC(C)C(N)C(=O)NCC1CC2CCC1C2. The van der Waals surface area contributed by atoms with Crippen LogP contribution in [0.15, 0.2) is 0 Å². The number of amides is 1. The van der Waals surface area contributed by atoms with E-state index in [4.69, 9.17) is 5.73 Å². The molecule has 0 aromatic heterocycles. The van der Waals surface area contributed by atoms with Gasteiger partial charge in [0.2, 0.25) is 5.91 Å². The van der Waals surface area contributed by atoms with Crippen molar-refractivity contribution in [2.75, 3.05) is 6.54 Å². The van der Waals surface area contributed by atoms with Gasteiger partial charge < -0.3 is 11.1 Å². The summed E-state index contributed by atoms with van der Waals surface area (Å²) < 4.78 is 0. The van der Waals surface area contributed by atoms with Gasteiger partial charge >= 0.3 is 0 Å². The van der Waals surface area contributed by atoms with E-state index in [-0.39, 0.29) is 17.9 Å². The monoisotopic (exact) mass is 224 g/mol. The molecular weight excluding hydrogens is 200 g/mol. The van der Waals surface area contributed by atoms with E-state index in [1.807, 2.05) is 13.8 Å². The van der Waals surface area contributed by atoms with Gasteiger partial charge in [-0.2, -0.15) is 0 Å². The molecule has 2 saturated carbocycles. The molecule has 4 atom stereocenters. The number of carbonyl (C=O) groups excluding carboxylic acids is 1. The van der Waals surface area contributed by atoms with Crippen molar-refractivity contribution in [3.05, 3.63) is 0 Å². The highest BCUT2D eigenvalue weighted by Gasteiger charge is 2.39. The molecule has 1 amide bonds. The summed E-state index contributed by atoms with van der Waals surface area (Å²) >= 11 is 0. The molecule has 0 saturated heterocycles. The number of fused-ring (bicyclic) bond motifs is 2. The Hall–Kier alpha value is -0.570. The fourth-order valence-corrected chi connectivity index (χ4v) is 3.28. The van der Waals surface area contributed by atoms with Gasteiger partial charge in [0.05, 0.1) is 6.04 Å². The lowest BCUT2D eigenvalue weighted by Crippen LogP contribution is -2.45. The summed E-state index contributed by atoms with van der Waals surface area (Å²) in [6.45, 7) is 4.82. The van der Waals surface area contributed by atoms with E-state index in [1.165, 1.54) is 25.7 Å². The molecule has 16 heavy (non-hydrogen) atoms. The molecule has 92 valence electrons. The Morgan fingerprint density at radius 3 is 2.62 bits per heavy atom. The summed E-state index contributed by atoms with van der Waals surface area (Å²) in [5.41, 5.74) is 5.81. The van der Waals surface area contributed by atoms with Gasteiger partial charge in [0.15, 0.2) is 0 Å². The summed E-state index contributed by atoms with van der Waals surface area (Å²) in [5, 5.41) is 3.03. The van der Waals surface area contributed by atoms with E-state index in [2.05, 4.69) is 5.32 Å². The van der Waals surface area contributed by atoms with Gasteiger partial charge in [0.1, 0.15) is 0 Å². The van der Waals surface area contributed by atoms with Crippen molar-refractivity contribution < 1.29 is 4.79 Å². The fraction of sp³-hybridized carbons (Fsp3) is 0.923. The largest absolute Gasteiger partial charge is 0.354 e. The Morgan fingerprint density at radius 1 is 1.38 bits per heavy atom. The summed E-state index contributed by atoms with van der Waals surface area (Å²) in [7, 11) is 0. The molecule has 3 N–H and O–H groups in total. The molecule has 0 aromatic carbocycles. The molecule has 0 aromatic rings. The first-order valence-electron chi connectivity index (χ1n) is 6.61. The third kappa shape index (κ3) is 2.40. The number of carbonyl (C=O) groups is 1. The Morgan fingerprint density at radius 2 is 2.12 bits per heavy atom. The molecule has 3 heteroatoms. The molecule has 0 spiro atoms. The lowest BCUT2D eigenvalue weighted by molar-refractivity contribution is -0.123. The second-order valence-corrected chi connectivity index (χ2v) is 5.95. The quantitative estimate of drug-likeness (QED) is 0.760. The predicted octanol–water partition coefficient (Wildman–Crippen LogP) is 1.52. The first-order chi connectivity index (χ1) is 7.58. The Kier molecular flexibility index (Phi) is 3.53. The van der Waals surface area contributed by atoms with Gasteiger partial charge in [0.25, 0.3) is 0 Å². The van der Waals surface area contributed by atoms with Crippen molar-refractivity contribution in [3.63, 3.8) is 0 Å². The van der Waals surface area contributed by atoms with Crippen molar-refractivity contribution in [3.8, 4) is 0 Å². The van der Waals surface area contributed by atoms with Crippen molar-refractivity contribution in [1.82, 2.24) is 5.32 Å². The first-order valence-corrected chi connectivity index (χ1v) is 6.61. The summed E-state index contributed by atoms with van der Waals surface area (Å²) in [4.78, 5) is 11.7. The molecule has 4 unspecified atom stereocenters. The molecule has 0 radical (unpaired) electrons. The maximum Gasteiger partial charge on any atom is 0.237 e. The van der Waals surface area contributed by atoms with Gasteiger partial charge in [-0.1, -0.05) is 20.3 Å². The van der Waals surface area contributed by atoms with Gasteiger partial charge in [-0.3, -0.25) is 4.79 Å². The third-order valence-corrected chi connectivity index (χ3v) is 4.44. The highest BCUT2D eigenvalue weighted by molar-refractivity contribution is 5.81. The van der Waals surface area contributed by atoms with Crippen LogP contribution < -0.4 is 11.1 Å². The van der Waals surface area contributed by atoms with Crippen LogP contribution in [0.5, 0.6) is 0 Å². The molecule has 0 heterocycles. The first kappa shape index (κ1) is 11.9. The Labute approximate surface area is 98.2 Å². The lowest BCUT2D eigenvalue weighted by atomic mass is 9.89. The van der Waals surface area contributed by atoms with E-state index < -0.39 is 0 Å². The van der Waals surface area contributed by atoms with E-state index in [1.54, 1.807) is 0 Å². The normalized spacial score (nSPS) is 34.4. The van der Waals surface area contributed by atoms with Gasteiger partial charge in [-0.05, 0) is 42.9 Å². The summed E-state index contributed by atoms with van der Waals surface area (Å²) in [6.07, 6.45) is 5.51. The molecule has 2 aliphatic rings. The number of rotatable bonds is 4. The maximum absolute atomic E-state index is 11.7. The van der Waals surface area contributed by atoms with Crippen LogP contribution in [0, 0.1) is 23.7 Å². The minimum Gasteiger partial charge on any atom is -0.354 e. The average Bonchev–Trinajstić information content (AvgIpc) is 2.86. The van der Waals surface area contributed by atoms with Gasteiger partial charge in [0, 0.05) is 6.54 Å². The second kappa shape index (κ2) is 4.74. The van der Waals surface area contributed by atoms with Crippen LogP contribution >= 0.6 is 0 Å². The van der Waals surface area contributed by atoms with Crippen LogP contribution in [0.25, 0.3) is 0 Å². The van der Waals surface area contributed by atoms with Crippen LogP contribution in [0.4, 0.5) is 0 Å². The van der Waals surface area contributed by atoms with Gasteiger partial charge in [-0.25, -0.2) is 0 Å². The molecule has 2 rings (SSSR count). The maximum atomic E-state index is 11.7. The highest BCUT2D eigenvalue weighted by atomic mass is 16.2. The van der Waals surface area contributed by atoms with Crippen molar-refractivity contribution in [2.45, 2.75) is 45.6 Å². The Balaban J connectivity index is 1.73. The summed E-state index contributed by atoms with van der Waals surface area (Å²) in [6, 6.07) is -0.349. The zero-order valence-corrected chi connectivity index (χ0v) is 10.4. The van der Waals surface area contributed by atoms with Crippen LogP contribution in [0.1, 0.15) is 39.5 Å². The third-order valence-electron chi connectivity index (χ3n) is 4.44. The van der Waals surface area contributed by atoms with E-state index >= 15 is 0 Å². The standard InChI is InChI=1S/C13H24N2O/c1-8(2)12(14)13(16)15-7-11-6-9-3-4-10(11)5-9/h8-12H,3-7,14H2,1-2H3,(H,15,16). The number of nitrogens with one attached hydrogen (secondary N) is 1. The fourth-order valence-electron chi connectivity index (χ4n) is 3.28. The Bertz CT molecular complexity index is 265. The van der Waals surface area contributed by atoms with Crippen LogP contribution in [-0.4, -0.2) is 18.5 Å². The van der Waals surface area contributed by atoms with Crippen LogP contribution in [0.3, 0.4) is 0 Å². The molecule has 2 fully saturated rings. The molecule has 0 aliphatic heterocycles. The zero-order chi connectivity index (χ0) is 11.7. The zero-order valence-electron chi connectivity index (χ0n) is 10.4. The van der Waals surface area contributed by atoms with E-state index in [9.17, 15) is 4.79 Å². The lowest BCUT2D eigenvalue weighted by Gasteiger charge is -2.23. The van der Waals surface area contributed by atoms with Crippen molar-refractivity contribution in [1.29, 1.82) is 0 Å². The molecular formula is C13H24N2O. The van der Waals surface area contributed by atoms with E-state index in [0.29, 0.717) is 0 Å². The second-order valence-electron chi connectivity index (χ2n) is 5.95. The van der Waals surface area contributed by atoms with Crippen molar-refractivity contribution >= 4 is 5.91 Å². The molecule has 2 bridgehead atoms. The minimum absolute atomic E-state index is 0.0257. The minimum atomic E-state index is -0.349. The van der Waals surface area contributed by atoms with Gasteiger partial charge in [-0.15, -0.1) is 0 Å². The number of nitrogens with two attached hydrogens (primary N) is 1. The number of hydrogen-bond acceptors (Lipinski definition) is 2. The van der Waals surface area contributed by atoms with Crippen LogP contribution in [-0.2, 0) is 4.79 Å². The van der Waals surface area contributed by atoms with Crippen molar-refractivity contribution in [2.24, 2.45) is 29.4 Å². The highest BCUT2D eigenvalue weighted by Crippen LogP contribution is 2.47. The smallest absolute Gasteiger partial charge is 0.237 e. The molecule has 2 aliphatic carbocycles.